The van der Waals surface area contributed by atoms with Gasteiger partial charge in [0, 0.05) is 19.3 Å². The van der Waals surface area contributed by atoms with Crippen LogP contribution >= 0.6 is 11.6 Å². The largest absolute Gasteiger partial charge is 0.403 e. The van der Waals surface area contributed by atoms with Crippen LogP contribution in [0.15, 0.2) is 45.4 Å². The van der Waals surface area contributed by atoms with E-state index in [1.165, 1.54) is 19.3 Å². The zero-order valence-corrected chi connectivity index (χ0v) is 13.7. The molecule has 0 aliphatic rings. The molecule has 0 unspecified atom stereocenters. The number of nitrogens with zero attached hydrogens (tertiary/aromatic N) is 1. The van der Waals surface area contributed by atoms with Gasteiger partial charge in [0.25, 0.3) is 0 Å². The van der Waals surface area contributed by atoms with Crippen molar-refractivity contribution in [3.05, 3.63) is 35.5 Å². The Morgan fingerprint density at radius 1 is 1.38 bits per heavy atom. The molecule has 0 bridgehead atoms. The summed E-state index contributed by atoms with van der Waals surface area (Å²) >= 11 is 5.91. The van der Waals surface area contributed by atoms with Crippen LogP contribution in [0.4, 0.5) is 5.69 Å². The van der Waals surface area contributed by atoms with Crippen molar-refractivity contribution >= 4 is 33.1 Å². The molecule has 0 aromatic heterocycles. The first-order valence-electron chi connectivity index (χ1n) is 6.24. The second-order valence-electron chi connectivity index (χ2n) is 4.48. The molecule has 1 rings (SSSR count). The number of halogens is 1. The van der Waals surface area contributed by atoms with E-state index in [0.29, 0.717) is 5.69 Å². The van der Waals surface area contributed by atoms with Crippen LogP contribution in [0.3, 0.4) is 0 Å². The second kappa shape index (κ2) is 7.44. The summed E-state index contributed by atoms with van der Waals surface area (Å²) < 4.78 is 27.1. The van der Waals surface area contributed by atoms with Crippen LogP contribution in [0.1, 0.15) is 13.8 Å². The van der Waals surface area contributed by atoms with Crippen LogP contribution in [0.25, 0.3) is 0 Å². The van der Waals surface area contributed by atoms with Crippen molar-refractivity contribution in [3.8, 4) is 0 Å². The highest BCUT2D eigenvalue weighted by Crippen LogP contribution is 2.22. The molecule has 0 saturated heterocycles. The lowest BCUT2D eigenvalue weighted by Crippen LogP contribution is -2.31. The van der Waals surface area contributed by atoms with Crippen molar-refractivity contribution in [2.24, 2.45) is 10.7 Å². The first-order valence-corrected chi connectivity index (χ1v) is 8.11. The number of amidine groups is 1. The fourth-order valence-corrected chi connectivity index (χ4v) is 3.15. The third-order valence-electron chi connectivity index (χ3n) is 2.42. The molecule has 0 aliphatic carbocycles. The SMILES string of the molecule is CN=C(Nc1ccccc1S(=O)(=O)NC(C)C)C(Cl)=CN. The predicted octanol–water partition coefficient (Wildman–Crippen LogP) is 1.85. The Kier molecular flexibility index (Phi) is 6.19. The lowest BCUT2D eigenvalue weighted by molar-refractivity contribution is 0.570. The minimum absolute atomic E-state index is 0.112. The van der Waals surface area contributed by atoms with Crippen LogP contribution in [-0.4, -0.2) is 27.3 Å². The molecule has 0 radical (unpaired) electrons. The summed E-state index contributed by atoms with van der Waals surface area (Å²) in [5.74, 6) is 0.284. The molecular weight excluding hydrogens is 312 g/mol. The number of nitrogens with two attached hydrogens (primary N) is 1. The minimum atomic E-state index is -3.64. The van der Waals surface area contributed by atoms with Crippen molar-refractivity contribution in [2.45, 2.75) is 24.8 Å². The van der Waals surface area contributed by atoms with Crippen LogP contribution in [0, 0.1) is 0 Å². The molecule has 1 aromatic carbocycles. The van der Waals surface area contributed by atoms with E-state index in [0.717, 1.165) is 0 Å². The highest BCUT2D eigenvalue weighted by atomic mass is 35.5. The number of sulfonamides is 1. The summed E-state index contributed by atoms with van der Waals surface area (Å²) in [7, 11) is -2.11. The van der Waals surface area contributed by atoms with E-state index in [4.69, 9.17) is 17.3 Å². The average molecular weight is 331 g/mol. The smallest absolute Gasteiger partial charge is 0.242 e. The van der Waals surface area contributed by atoms with Gasteiger partial charge in [-0.25, -0.2) is 13.1 Å². The number of rotatable bonds is 5. The Labute approximate surface area is 130 Å². The van der Waals surface area contributed by atoms with Gasteiger partial charge < -0.3 is 11.1 Å². The van der Waals surface area contributed by atoms with E-state index in [-0.39, 0.29) is 21.8 Å². The van der Waals surface area contributed by atoms with Gasteiger partial charge in [-0.15, -0.1) is 0 Å². The normalized spacial score (nSPS) is 13.6. The van der Waals surface area contributed by atoms with E-state index in [1.54, 1.807) is 32.0 Å². The Morgan fingerprint density at radius 2 is 2.00 bits per heavy atom. The standard InChI is InChI=1S/C13H19ClN4O2S/c1-9(2)18-21(19,20)12-7-5-4-6-11(12)17-13(16-3)10(14)8-15/h4-9,18H,15H2,1-3H3,(H,16,17). The molecule has 0 atom stereocenters. The molecule has 8 heteroatoms. The first-order chi connectivity index (χ1) is 9.81. The van der Waals surface area contributed by atoms with Gasteiger partial charge in [-0.05, 0) is 26.0 Å². The van der Waals surface area contributed by atoms with Gasteiger partial charge in [-0.2, -0.15) is 0 Å². The summed E-state index contributed by atoms with van der Waals surface area (Å²) in [6.45, 7) is 3.50. The van der Waals surface area contributed by atoms with Gasteiger partial charge in [0.15, 0.2) is 0 Å². The third kappa shape index (κ3) is 4.73. The topological polar surface area (TPSA) is 96.6 Å². The summed E-state index contributed by atoms with van der Waals surface area (Å²) in [4.78, 5) is 4.06. The van der Waals surface area contributed by atoms with Gasteiger partial charge in [-0.1, -0.05) is 23.7 Å². The van der Waals surface area contributed by atoms with Crippen molar-refractivity contribution in [2.75, 3.05) is 12.4 Å². The van der Waals surface area contributed by atoms with E-state index in [1.807, 2.05) is 0 Å². The lowest BCUT2D eigenvalue weighted by atomic mass is 10.3. The summed E-state index contributed by atoms with van der Waals surface area (Å²) in [5, 5.41) is 3.07. The maximum atomic E-state index is 12.3. The lowest BCUT2D eigenvalue weighted by Gasteiger charge is -2.15. The fraction of sp³-hybridized carbons (Fsp3) is 0.308. The highest BCUT2D eigenvalue weighted by molar-refractivity contribution is 7.89. The van der Waals surface area contributed by atoms with Crippen LogP contribution in [0.2, 0.25) is 0 Å². The van der Waals surface area contributed by atoms with Crippen molar-refractivity contribution in [1.82, 2.24) is 4.72 Å². The van der Waals surface area contributed by atoms with E-state index in [9.17, 15) is 8.42 Å². The molecule has 0 amide bonds. The summed E-state index contributed by atoms with van der Waals surface area (Å²) in [6, 6.07) is 6.27. The van der Waals surface area contributed by atoms with Gasteiger partial charge in [0.05, 0.1) is 10.7 Å². The predicted molar refractivity (Wildman–Crippen MR) is 87.0 cm³/mol. The molecule has 0 spiro atoms. The average Bonchev–Trinajstić information content (AvgIpc) is 2.42. The molecule has 0 aliphatic heterocycles. The Bertz CT molecular complexity index is 654. The third-order valence-corrected chi connectivity index (χ3v) is 4.44. The van der Waals surface area contributed by atoms with Gasteiger partial charge in [0.1, 0.15) is 10.7 Å². The van der Waals surface area contributed by atoms with E-state index < -0.39 is 10.0 Å². The van der Waals surface area contributed by atoms with Gasteiger partial charge >= 0.3 is 0 Å². The monoisotopic (exact) mass is 330 g/mol. The number of anilines is 1. The quantitative estimate of drug-likeness (QED) is 0.567. The number of nitrogens with one attached hydrogen (secondary N) is 2. The number of hydrogen-bond donors (Lipinski definition) is 3. The second-order valence-corrected chi connectivity index (χ2v) is 6.57. The molecule has 0 fully saturated rings. The molecule has 6 nitrogen and oxygen atoms in total. The highest BCUT2D eigenvalue weighted by Gasteiger charge is 2.20. The van der Waals surface area contributed by atoms with Crippen LogP contribution in [0.5, 0.6) is 0 Å². The van der Waals surface area contributed by atoms with Crippen LogP contribution < -0.4 is 15.8 Å². The van der Waals surface area contributed by atoms with Crippen molar-refractivity contribution in [1.29, 1.82) is 0 Å². The maximum Gasteiger partial charge on any atom is 0.242 e. The molecule has 0 saturated carbocycles. The number of aliphatic imine (C=N–C) groups is 1. The molecule has 116 valence electrons. The van der Waals surface area contributed by atoms with Gasteiger partial charge in [0.2, 0.25) is 10.0 Å². The summed E-state index contributed by atoms with van der Waals surface area (Å²) in [6.07, 6.45) is 1.18. The van der Waals surface area contributed by atoms with Crippen molar-refractivity contribution in [3.63, 3.8) is 0 Å². The Morgan fingerprint density at radius 3 is 2.52 bits per heavy atom. The summed E-state index contributed by atoms with van der Waals surface area (Å²) in [5.41, 5.74) is 5.71. The molecular formula is C13H19ClN4O2S. The van der Waals surface area contributed by atoms with Crippen molar-refractivity contribution < 1.29 is 8.42 Å². The van der Waals surface area contributed by atoms with Gasteiger partial charge in [-0.3, -0.25) is 4.99 Å². The molecule has 0 heterocycles. The minimum Gasteiger partial charge on any atom is -0.403 e. The Hall–Kier alpha value is -1.57. The van der Waals surface area contributed by atoms with Crippen LogP contribution in [-0.2, 0) is 10.0 Å². The first kappa shape index (κ1) is 17.5. The molecule has 4 N–H and O–H groups in total. The number of benzene rings is 1. The Balaban J connectivity index is 3.23. The van der Waals surface area contributed by atoms with E-state index >= 15 is 0 Å². The zero-order valence-electron chi connectivity index (χ0n) is 12.1. The zero-order chi connectivity index (χ0) is 16.0. The molecule has 21 heavy (non-hydrogen) atoms. The maximum absolute atomic E-state index is 12.3. The number of hydrogen-bond acceptors (Lipinski definition) is 4. The number of para-hydroxylation sites is 1. The fourth-order valence-electron chi connectivity index (χ4n) is 1.61. The molecule has 1 aromatic rings. The van der Waals surface area contributed by atoms with E-state index in [2.05, 4.69) is 15.0 Å².